The van der Waals surface area contributed by atoms with E-state index >= 15 is 0 Å². The van der Waals surface area contributed by atoms with Crippen LogP contribution in [0.3, 0.4) is 0 Å². The molecule has 0 rings (SSSR count). The van der Waals surface area contributed by atoms with Gasteiger partial charge in [0.05, 0.1) is 0 Å². The fourth-order valence-electron chi connectivity index (χ4n) is 1.72. The number of rotatable bonds is 8. The molecule has 0 amide bonds. The van der Waals surface area contributed by atoms with Crippen LogP contribution in [-0.2, 0) is 0 Å². The van der Waals surface area contributed by atoms with Crippen molar-refractivity contribution in [2.75, 3.05) is 24.6 Å². The predicted octanol–water partition coefficient (Wildman–Crippen LogP) is 5.21. The van der Waals surface area contributed by atoms with Crippen molar-refractivity contribution >= 4 is 58.2 Å². The Bertz CT molecular complexity index is 157. The molecule has 0 nitrogen and oxygen atoms in total. The maximum atomic E-state index is 3.82. The Labute approximate surface area is 133 Å². The molecule has 0 N–H and O–H groups in total. The van der Waals surface area contributed by atoms with E-state index in [9.17, 15) is 0 Å². The van der Waals surface area contributed by atoms with E-state index in [0.29, 0.717) is 0 Å². The fourth-order valence-corrected chi connectivity index (χ4v) is 5.17. The number of hydrogen-bond donors (Lipinski definition) is 0. The molecule has 16 heavy (non-hydrogen) atoms. The van der Waals surface area contributed by atoms with Crippen LogP contribution in [-0.4, -0.2) is 24.6 Å². The van der Waals surface area contributed by atoms with Gasteiger partial charge in [-0.1, -0.05) is 0 Å². The summed E-state index contributed by atoms with van der Waals surface area (Å²) in [7, 11) is -1.27. The first-order valence-electron chi connectivity index (χ1n) is 4.68. The zero-order valence-electron chi connectivity index (χ0n) is 9.69. The first-order chi connectivity index (χ1) is 6.24. The molecule has 0 aromatic rings. The normalized spacial score (nSPS) is 9.50. The first kappa shape index (κ1) is 25.6. The number of halogens is 3. The summed E-state index contributed by atoms with van der Waals surface area (Å²) in [6.45, 7) is 15.3. The van der Waals surface area contributed by atoms with E-state index in [-0.39, 0.29) is 50.9 Å². The SMILES string of the molecule is Br.Br.Br.C=CC[PH](CC=C)(CC=C)CC=C. The number of hydrogen-bond acceptors (Lipinski definition) is 0. The van der Waals surface area contributed by atoms with Gasteiger partial charge in [0.1, 0.15) is 0 Å². The zero-order chi connectivity index (χ0) is 10.2. The van der Waals surface area contributed by atoms with Gasteiger partial charge in [0.2, 0.25) is 0 Å². The second kappa shape index (κ2) is 15.8. The maximum absolute atomic E-state index is 3.82. The first-order valence-corrected chi connectivity index (χ1v) is 7.51. The van der Waals surface area contributed by atoms with Crippen LogP contribution in [0.15, 0.2) is 50.6 Å². The molecule has 98 valence electrons. The molecule has 0 aromatic heterocycles. The molecule has 0 saturated carbocycles. The van der Waals surface area contributed by atoms with Gasteiger partial charge in [-0.05, 0) is 0 Å². The molecule has 0 aliphatic rings. The second-order valence-electron chi connectivity index (χ2n) is 3.47. The Balaban J connectivity index is -0.000000240. The topological polar surface area (TPSA) is 0 Å². The van der Waals surface area contributed by atoms with Crippen LogP contribution >= 0.6 is 58.2 Å². The molecule has 0 saturated heterocycles. The van der Waals surface area contributed by atoms with Gasteiger partial charge in [-0.3, -0.25) is 0 Å². The van der Waals surface area contributed by atoms with Crippen molar-refractivity contribution in [2.45, 2.75) is 0 Å². The molecule has 0 radical (unpaired) electrons. The summed E-state index contributed by atoms with van der Waals surface area (Å²) >= 11 is 0. The van der Waals surface area contributed by atoms with Crippen LogP contribution in [0, 0.1) is 0 Å². The van der Waals surface area contributed by atoms with Crippen molar-refractivity contribution in [2.24, 2.45) is 0 Å². The monoisotopic (exact) mass is 436 g/mol. The molecular formula is C12H24Br3P. The molecule has 0 heterocycles. The summed E-state index contributed by atoms with van der Waals surface area (Å²) in [5.41, 5.74) is 0. The van der Waals surface area contributed by atoms with Crippen LogP contribution < -0.4 is 0 Å². The van der Waals surface area contributed by atoms with Crippen molar-refractivity contribution in [1.82, 2.24) is 0 Å². The number of allylic oxidation sites excluding steroid dienone is 4. The van der Waals surface area contributed by atoms with E-state index in [2.05, 4.69) is 26.3 Å². The Morgan fingerprint density at radius 1 is 0.562 bits per heavy atom. The van der Waals surface area contributed by atoms with Crippen LogP contribution in [0.5, 0.6) is 0 Å². The molecule has 0 bridgehead atoms. The van der Waals surface area contributed by atoms with Gasteiger partial charge < -0.3 is 0 Å². The minimum absolute atomic E-state index is 0. The van der Waals surface area contributed by atoms with Gasteiger partial charge in [-0.15, -0.1) is 50.9 Å². The Morgan fingerprint density at radius 2 is 0.750 bits per heavy atom. The molecule has 0 spiro atoms. The van der Waals surface area contributed by atoms with E-state index < -0.39 is 7.26 Å². The van der Waals surface area contributed by atoms with E-state index in [0.717, 1.165) is 24.6 Å². The van der Waals surface area contributed by atoms with Crippen molar-refractivity contribution in [3.63, 3.8) is 0 Å². The summed E-state index contributed by atoms with van der Waals surface area (Å²) in [6, 6.07) is 0. The Hall–Kier alpha value is 0.830. The van der Waals surface area contributed by atoms with Crippen LogP contribution in [0.25, 0.3) is 0 Å². The van der Waals surface area contributed by atoms with Crippen molar-refractivity contribution < 1.29 is 0 Å². The molecule has 0 fully saturated rings. The average molecular weight is 439 g/mol. The molecule has 0 unspecified atom stereocenters. The average Bonchev–Trinajstić information content (AvgIpc) is 2.06. The van der Waals surface area contributed by atoms with E-state index in [1.54, 1.807) is 0 Å². The van der Waals surface area contributed by atoms with Crippen LogP contribution in [0.4, 0.5) is 0 Å². The van der Waals surface area contributed by atoms with Gasteiger partial charge in [0.25, 0.3) is 0 Å². The third-order valence-electron chi connectivity index (χ3n) is 2.31. The van der Waals surface area contributed by atoms with Gasteiger partial charge in [-0.25, -0.2) is 0 Å². The van der Waals surface area contributed by atoms with Gasteiger partial charge in [0, 0.05) is 0 Å². The van der Waals surface area contributed by atoms with Gasteiger partial charge in [0.15, 0.2) is 0 Å². The van der Waals surface area contributed by atoms with Crippen LogP contribution in [0.1, 0.15) is 0 Å². The third kappa shape index (κ3) is 10.0. The molecule has 0 aliphatic carbocycles. The van der Waals surface area contributed by atoms with Crippen molar-refractivity contribution in [1.29, 1.82) is 0 Å². The van der Waals surface area contributed by atoms with E-state index in [4.69, 9.17) is 0 Å². The zero-order valence-corrected chi connectivity index (χ0v) is 15.8. The fraction of sp³-hybridized carbons (Fsp3) is 0.333. The van der Waals surface area contributed by atoms with Crippen molar-refractivity contribution in [3.05, 3.63) is 50.6 Å². The summed E-state index contributed by atoms with van der Waals surface area (Å²) in [4.78, 5) is 0. The summed E-state index contributed by atoms with van der Waals surface area (Å²) in [5.74, 6) is 0. The Kier molecular flexibility index (Phi) is 25.3. The Morgan fingerprint density at radius 3 is 0.875 bits per heavy atom. The molecule has 4 heteroatoms. The van der Waals surface area contributed by atoms with E-state index in [1.165, 1.54) is 0 Å². The second-order valence-corrected chi connectivity index (χ2v) is 8.10. The van der Waals surface area contributed by atoms with E-state index in [1.807, 2.05) is 24.3 Å². The summed E-state index contributed by atoms with van der Waals surface area (Å²) in [5, 5.41) is 0. The molecular weight excluding hydrogens is 415 g/mol. The third-order valence-corrected chi connectivity index (χ3v) is 6.93. The summed E-state index contributed by atoms with van der Waals surface area (Å²) < 4.78 is 0. The standard InChI is InChI=1S/C12H21P.3BrH/c1-5-9-13(10-6-2,11-7-3)12-8-4;;;/h5-8,13H,1-4,9-12H2;3*1H. The minimum atomic E-state index is -1.27. The summed E-state index contributed by atoms with van der Waals surface area (Å²) in [6.07, 6.45) is 12.7. The molecule has 0 atom stereocenters. The van der Waals surface area contributed by atoms with Crippen molar-refractivity contribution in [3.8, 4) is 0 Å². The molecule has 0 aliphatic heterocycles. The van der Waals surface area contributed by atoms with Crippen LogP contribution in [0.2, 0.25) is 0 Å². The molecule has 0 aromatic carbocycles. The predicted molar refractivity (Wildman–Crippen MR) is 99.5 cm³/mol. The van der Waals surface area contributed by atoms with Gasteiger partial charge >= 0.3 is 82.5 Å². The van der Waals surface area contributed by atoms with Gasteiger partial charge in [-0.2, -0.15) is 0 Å². The quantitative estimate of drug-likeness (QED) is 0.360.